The van der Waals surface area contributed by atoms with Gasteiger partial charge in [0.1, 0.15) is 5.69 Å². The molecule has 0 unspecified atom stereocenters. The summed E-state index contributed by atoms with van der Waals surface area (Å²) in [4.78, 5) is 21.6. The number of carbonyl (C=O) groups excluding carboxylic acids is 1. The van der Waals surface area contributed by atoms with Gasteiger partial charge in [0.15, 0.2) is 11.5 Å². The number of halogens is 1. The zero-order chi connectivity index (χ0) is 16.9. The van der Waals surface area contributed by atoms with E-state index in [9.17, 15) is 9.90 Å². The van der Waals surface area contributed by atoms with Crippen LogP contribution in [0.2, 0.25) is 0 Å². The molecule has 1 aromatic rings. The van der Waals surface area contributed by atoms with Gasteiger partial charge < -0.3 is 10.4 Å². The number of ketones is 1. The largest absolute Gasteiger partial charge is 0.504 e. The number of thioether (sulfide) groups is 1. The summed E-state index contributed by atoms with van der Waals surface area (Å²) in [7, 11) is 0. The minimum absolute atomic E-state index is 0.156. The lowest BCUT2D eigenvalue weighted by Gasteiger charge is -2.39. The van der Waals surface area contributed by atoms with E-state index < -0.39 is 0 Å². The van der Waals surface area contributed by atoms with E-state index in [2.05, 4.69) is 32.3 Å². The molecule has 2 N–H and O–H groups in total. The Balaban J connectivity index is 1.79. The Labute approximate surface area is 156 Å². The number of rotatable bonds is 0. The van der Waals surface area contributed by atoms with Gasteiger partial charge in [-0.05, 0) is 34.3 Å². The zero-order valence-electron chi connectivity index (χ0n) is 13.2. The van der Waals surface area contributed by atoms with Gasteiger partial charge in [0.2, 0.25) is 0 Å². The van der Waals surface area contributed by atoms with E-state index in [0.29, 0.717) is 16.6 Å². The third-order valence-electron chi connectivity index (χ3n) is 5.96. The predicted octanol–water partition coefficient (Wildman–Crippen LogP) is 2.03. The van der Waals surface area contributed by atoms with E-state index in [1.165, 1.54) is 0 Å². The van der Waals surface area contributed by atoms with Gasteiger partial charge in [-0.3, -0.25) is 14.8 Å². The standard InChI is InChI=1S/C18H14BrN3O2S/c19-8-4-18-5-11(25-10(18)3-9(8)23)22-16-13(18)14-12-7(1-2-20-14)6-21-15(12)17(16)24/h4,6,10-11,22,24H,1-3,5H2/t10-,11-,18+/m1/s1. The molecular weight excluding hydrogens is 402 g/mol. The number of hydrogen-bond acceptors (Lipinski definition) is 6. The summed E-state index contributed by atoms with van der Waals surface area (Å²) in [5.74, 6) is 0.382. The number of Topliss-reactive ketones (excluding diaryl/α,β-unsaturated/α-hetero) is 1. The molecule has 1 aliphatic carbocycles. The third-order valence-corrected chi connectivity index (χ3v) is 8.16. The molecule has 1 saturated heterocycles. The summed E-state index contributed by atoms with van der Waals surface area (Å²) < 4.78 is 0.654. The highest BCUT2D eigenvalue weighted by molar-refractivity contribution is 9.12. The highest BCUT2D eigenvalue weighted by atomic mass is 79.9. The summed E-state index contributed by atoms with van der Waals surface area (Å²) in [5.41, 5.74) is 3.36. The van der Waals surface area contributed by atoms with Gasteiger partial charge >= 0.3 is 0 Å². The Morgan fingerprint density at radius 3 is 3.20 bits per heavy atom. The molecule has 25 heavy (non-hydrogen) atoms. The number of phenolic OH excluding ortho intramolecular Hbond substituents is 1. The Bertz CT molecular complexity index is 1080. The second-order valence-electron chi connectivity index (χ2n) is 7.21. The molecule has 2 bridgehead atoms. The van der Waals surface area contributed by atoms with Crippen LogP contribution < -0.4 is 15.9 Å². The number of nitrogens with one attached hydrogen (secondary N) is 1. The van der Waals surface area contributed by atoms with Crippen LogP contribution in [0.25, 0.3) is 5.57 Å². The first-order valence-electron chi connectivity index (χ1n) is 8.43. The lowest BCUT2D eigenvalue weighted by molar-refractivity contribution is -0.115. The van der Waals surface area contributed by atoms with Crippen LogP contribution in [0.5, 0.6) is 5.75 Å². The molecule has 0 saturated carbocycles. The Hall–Kier alpha value is -1.60. The molecule has 0 aromatic heterocycles. The van der Waals surface area contributed by atoms with E-state index in [-0.39, 0.29) is 27.6 Å². The number of aliphatic imine (C=N–C) groups is 1. The Kier molecular flexibility index (Phi) is 2.66. The van der Waals surface area contributed by atoms with Crippen LogP contribution in [-0.2, 0) is 10.2 Å². The monoisotopic (exact) mass is 415 g/mol. The van der Waals surface area contributed by atoms with Crippen molar-refractivity contribution in [3.05, 3.63) is 26.7 Å². The maximum absolute atomic E-state index is 12.3. The summed E-state index contributed by atoms with van der Waals surface area (Å²) in [6.07, 6.45) is 6.24. The minimum Gasteiger partial charge on any atom is -0.504 e. The van der Waals surface area contributed by atoms with Crippen molar-refractivity contribution in [1.29, 1.82) is 0 Å². The molecule has 1 spiro atoms. The SMILES string of the molecule is O=C1C[C@H]2S[C@@H]3C[C@]2(C=C1Br)c1c(c(O)c2c4c1=NCCC=4C=N2)N3. The topological polar surface area (TPSA) is 74.0 Å². The molecule has 4 aliphatic heterocycles. The van der Waals surface area contributed by atoms with Crippen molar-refractivity contribution in [3.63, 3.8) is 0 Å². The molecular formula is C18H14BrN3O2S. The van der Waals surface area contributed by atoms with Crippen molar-refractivity contribution in [2.24, 2.45) is 9.98 Å². The Morgan fingerprint density at radius 1 is 1.44 bits per heavy atom. The molecule has 1 aromatic carbocycles. The van der Waals surface area contributed by atoms with Crippen molar-refractivity contribution >= 4 is 56.6 Å². The molecule has 126 valence electrons. The van der Waals surface area contributed by atoms with Crippen molar-refractivity contribution in [2.75, 3.05) is 11.9 Å². The average molecular weight is 416 g/mol. The maximum atomic E-state index is 12.3. The molecule has 7 heteroatoms. The number of hydrogen-bond donors (Lipinski definition) is 2. The second-order valence-corrected chi connectivity index (χ2v) is 9.47. The summed E-state index contributed by atoms with van der Waals surface area (Å²) in [5, 5.41) is 16.8. The normalized spacial score (nSPS) is 33.2. The van der Waals surface area contributed by atoms with Crippen LogP contribution >= 0.6 is 27.7 Å². The molecule has 6 rings (SSSR count). The highest BCUT2D eigenvalue weighted by Gasteiger charge is 2.56. The number of phenols is 1. The average Bonchev–Trinajstić information content (AvgIpc) is 3.13. The molecule has 5 aliphatic rings. The van der Waals surface area contributed by atoms with E-state index in [4.69, 9.17) is 4.99 Å². The smallest absolute Gasteiger partial charge is 0.170 e. The molecule has 1 fully saturated rings. The molecule has 4 heterocycles. The van der Waals surface area contributed by atoms with Gasteiger partial charge in [-0.2, -0.15) is 0 Å². The summed E-state index contributed by atoms with van der Waals surface area (Å²) in [6, 6.07) is 0. The summed E-state index contributed by atoms with van der Waals surface area (Å²) in [6.45, 7) is 0.742. The van der Waals surface area contributed by atoms with Crippen LogP contribution in [0.4, 0.5) is 11.4 Å². The van der Waals surface area contributed by atoms with E-state index >= 15 is 0 Å². The minimum atomic E-state index is -0.265. The first-order chi connectivity index (χ1) is 12.1. The fourth-order valence-corrected chi connectivity index (χ4v) is 7.22. The fraction of sp³-hybridized carbons (Fsp3) is 0.389. The number of benzene rings is 1. The fourth-order valence-electron chi connectivity index (χ4n) is 4.92. The number of fused-ring (bicyclic) bond motifs is 3. The zero-order valence-corrected chi connectivity index (χ0v) is 15.6. The van der Waals surface area contributed by atoms with Crippen LogP contribution in [0, 0.1) is 0 Å². The van der Waals surface area contributed by atoms with Crippen molar-refractivity contribution < 1.29 is 9.90 Å². The van der Waals surface area contributed by atoms with Gasteiger partial charge in [0, 0.05) is 40.6 Å². The molecule has 3 atom stereocenters. The van der Waals surface area contributed by atoms with Crippen LogP contribution in [0.3, 0.4) is 0 Å². The first kappa shape index (κ1) is 14.6. The number of nitrogens with zero attached hydrogens (tertiary/aromatic N) is 2. The van der Waals surface area contributed by atoms with Crippen molar-refractivity contribution in [1.82, 2.24) is 0 Å². The molecule has 0 radical (unpaired) electrons. The molecule has 5 nitrogen and oxygen atoms in total. The van der Waals surface area contributed by atoms with Gasteiger partial charge in [-0.1, -0.05) is 6.08 Å². The van der Waals surface area contributed by atoms with Gasteiger partial charge in [0.25, 0.3) is 0 Å². The lowest BCUT2D eigenvalue weighted by atomic mass is 9.68. The van der Waals surface area contributed by atoms with E-state index in [0.717, 1.165) is 46.8 Å². The summed E-state index contributed by atoms with van der Waals surface area (Å²) >= 11 is 5.28. The predicted molar refractivity (Wildman–Crippen MR) is 102 cm³/mol. The molecule has 0 amide bonds. The number of aromatic hydroxyl groups is 1. The van der Waals surface area contributed by atoms with Crippen molar-refractivity contribution in [3.8, 4) is 5.75 Å². The number of carbonyl (C=O) groups is 1. The van der Waals surface area contributed by atoms with E-state index in [1.807, 2.05) is 6.21 Å². The van der Waals surface area contributed by atoms with Crippen molar-refractivity contribution in [2.45, 2.75) is 35.3 Å². The van der Waals surface area contributed by atoms with Crippen LogP contribution in [0.1, 0.15) is 24.8 Å². The third kappa shape index (κ3) is 1.64. The Morgan fingerprint density at radius 2 is 2.32 bits per heavy atom. The number of anilines is 1. The highest BCUT2D eigenvalue weighted by Crippen LogP contribution is 2.60. The number of allylic oxidation sites excluding steroid dienone is 2. The quantitative estimate of drug-likeness (QED) is 0.635. The lowest BCUT2D eigenvalue weighted by Crippen LogP contribution is -2.48. The van der Waals surface area contributed by atoms with Crippen LogP contribution in [-0.4, -0.2) is 34.3 Å². The van der Waals surface area contributed by atoms with Crippen LogP contribution in [0.15, 0.2) is 20.5 Å². The van der Waals surface area contributed by atoms with E-state index in [1.54, 1.807) is 11.8 Å². The first-order valence-corrected chi connectivity index (χ1v) is 10.2. The maximum Gasteiger partial charge on any atom is 0.170 e. The van der Waals surface area contributed by atoms with Gasteiger partial charge in [-0.15, -0.1) is 11.8 Å². The van der Waals surface area contributed by atoms with Gasteiger partial charge in [0.05, 0.1) is 20.9 Å². The second kappa shape index (κ2) is 4.57. The van der Waals surface area contributed by atoms with Gasteiger partial charge in [-0.25, -0.2) is 0 Å².